The Kier molecular flexibility index (Phi) is 7.11. The second-order valence-electron chi connectivity index (χ2n) is 4.69. The van der Waals surface area contributed by atoms with Crippen molar-refractivity contribution in [3.05, 3.63) is 24.2 Å². The molecule has 1 aromatic heterocycles. The van der Waals surface area contributed by atoms with E-state index >= 15 is 0 Å². The number of rotatable bonds is 8. The fourth-order valence-electron chi connectivity index (χ4n) is 2.06. The van der Waals surface area contributed by atoms with E-state index in [2.05, 4.69) is 29.4 Å². The van der Waals surface area contributed by atoms with E-state index in [1.54, 1.807) is 13.2 Å². The number of aliphatic hydroxyl groups is 1. The average Bonchev–Trinajstić information content (AvgIpc) is 2.97. The molecule has 6 nitrogen and oxygen atoms in total. The van der Waals surface area contributed by atoms with E-state index < -0.39 is 0 Å². The third kappa shape index (κ3) is 4.86. The van der Waals surface area contributed by atoms with Crippen LogP contribution < -0.4 is 10.6 Å². The molecule has 20 heavy (non-hydrogen) atoms. The van der Waals surface area contributed by atoms with Crippen LogP contribution in [0.5, 0.6) is 0 Å². The molecule has 6 heteroatoms. The van der Waals surface area contributed by atoms with Gasteiger partial charge in [0.05, 0.1) is 25.0 Å². The lowest BCUT2D eigenvalue weighted by Gasteiger charge is -2.28. The van der Waals surface area contributed by atoms with Gasteiger partial charge in [0.2, 0.25) is 0 Å². The van der Waals surface area contributed by atoms with Crippen molar-refractivity contribution in [2.75, 3.05) is 26.2 Å². The van der Waals surface area contributed by atoms with Crippen LogP contribution >= 0.6 is 0 Å². The standard InChI is InChI=1S/C14H25N3O3/c1-4-17(5-2)12(13-7-6-8-20-13)9-15-14(19)16-11(3)10-18/h6-8,11-12,18H,4-5,9-10H2,1-3H3,(H2,15,16,19). The van der Waals surface area contributed by atoms with Crippen LogP contribution in [0.25, 0.3) is 0 Å². The van der Waals surface area contributed by atoms with Gasteiger partial charge in [0.25, 0.3) is 0 Å². The van der Waals surface area contributed by atoms with Gasteiger partial charge in [-0.1, -0.05) is 13.8 Å². The van der Waals surface area contributed by atoms with Gasteiger partial charge in [-0.2, -0.15) is 0 Å². The Labute approximate surface area is 120 Å². The fourth-order valence-corrected chi connectivity index (χ4v) is 2.06. The van der Waals surface area contributed by atoms with Crippen LogP contribution in [-0.2, 0) is 0 Å². The maximum atomic E-state index is 11.7. The summed E-state index contributed by atoms with van der Waals surface area (Å²) in [5.41, 5.74) is 0. The molecule has 0 radical (unpaired) electrons. The Morgan fingerprint density at radius 2 is 2.15 bits per heavy atom. The first-order valence-electron chi connectivity index (χ1n) is 7.05. The highest BCUT2D eigenvalue weighted by atomic mass is 16.3. The number of likely N-dealkylation sites (N-methyl/N-ethyl adjacent to an activating group) is 1. The molecule has 114 valence electrons. The predicted octanol–water partition coefficient (Wildman–Crippen LogP) is 1.34. The highest BCUT2D eigenvalue weighted by Crippen LogP contribution is 2.20. The molecule has 0 aliphatic heterocycles. The van der Waals surface area contributed by atoms with E-state index in [1.807, 2.05) is 12.1 Å². The molecule has 1 aromatic rings. The monoisotopic (exact) mass is 283 g/mol. The first-order chi connectivity index (χ1) is 9.62. The van der Waals surface area contributed by atoms with E-state index in [0.29, 0.717) is 6.54 Å². The van der Waals surface area contributed by atoms with E-state index in [1.165, 1.54) is 0 Å². The zero-order chi connectivity index (χ0) is 15.0. The second-order valence-corrected chi connectivity index (χ2v) is 4.69. The van der Waals surface area contributed by atoms with Crippen molar-refractivity contribution in [3.63, 3.8) is 0 Å². The Hall–Kier alpha value is -1.53. The van der Waals surface area contributed by atoms with Crippen LogP contribution in [-0.4, -0.2) is 48.3 Å². The summed E-state index contributed by atoms with van der Waals surface area (Å²) in [5, 5.41) is 14.4. The minimum atomic E-state index is -0.282. The van der Waals surface area contributed by atoms with Crippen LogP contribution in [0.2, 0.25) is 0 Å². The van der Waals surface area contributed by atoms with Crippen molar-refractivity contribution >= 4 is 6.03 Å². The van der Waals surface area contributed by atoms with Crippen LogP contribution in [0, 0.1) is 0 Å². The SMILES string of the molecule is CCN(CC)C(CNC(=O)NC(C)CO)c1ccco1. The Morgan fingerprint density at radius 3 is 2.65 bits per heavy atom. The summed E-state index contributed by atoms with van der Waals surface area (Å²) >= 11 is 0. The summed E-state index contributed by atoms with van der Waals surface area (Å²) in [6, 6.07) is 3.23. The number of hydrogen-bond acceptors (Lipinski definition) is 4. The van der Waals surface area contributed by atoms with Gasteiger partial charge in [-0.05, 0) is 32.1 Å². The summed E-state index contributed by atoms with van der Waals surface area (Å²) < 4.78 is 5.46. The van der Waals surface area contributed by atoms with Crippen LogP contribution in [0.1, 0.15) is 32.6 Å². The number of furan rings is 1. The molecule has 3 N–H and O–H groups in total. The van der Waals surface area contributed by atoms with Gasteiger partial charge >= 0.3 is 6.03 Å². The molecule has 0 saturated heterocycles. The molecule has 2 atom stereocenters. The van der Waals surface area contributed by atoms with Crippen molar-refractivity contribution in [2.24, 2.45) is 0 Å². The lowest BCUT2D eigenvalue weighted by Crippen LogP contribution is -2.45. The summed E-state index contributed by atoms with van der Waals surface area (Å²) in [6.07, 6.45) is 1.64. The maximum Gasteiger partial charge on any atom is 0.315 e. The molecule has 0 spiro atoms. The second kappa shape index (κ2) is 8.60. The summed E-state index contributed by atoms with van der Waals surface area (Å²) in [7, 11) is 0. The number of nitrogens with one attached hydrogen (secondary N) is 2. The Bertz CT molecular complexity index is 377. The molecule has 0 aliphatic rings. The number of aliphatic hydroxyl groups excluding tert-OH is 1. The van der Waals surface area contributed by atoms with Crippen molar-refractivity contribution < 1.29 is 14.3 Å². The summed E-state index contributed by atoms with van der Waals surface area (Å²) in [4.78, 5) is 13.9. The Morgan fingerprint density at radius 1 is 1.45 bits per heavy atom. The number of hydrogen-bond donors (Lipinski definition) is 3. The lowest BCUT2D eigenvalue weighted by molar-refractivity contribution is 0.183. The highest BCUT2D eigenvalue weighted by Gasteiger charge is 2.21. The molecule has 0 bridgehead atoms. The molecular formula is C14H25N3O3. The van der Waals surface area contributed by atoms with Crippen LogP contribution in [0.15, 0.2) is 22.8 Å². The molecule has 2 amide bonds. The van der Waals surface area contributed by atoms with Gasteiger partial charge in [0.15, 0.2) is 0 Å². The van der Waals surface area contributed by atoms with Gasteiger partial charge in [0, 0.05) is 6.54 Å². The molecule has 0 saturated carbocycles. The summed E-state index contributed by atoms with van der Waals surface area (Å²) in [6.45, 7) is 8.02. The number of carbonyl (C=O) groups is 1. The highest BCUT2D eigenvalue weighted by molar-refractivity contribution is 5.74. The first-order valence-corrected chi connectivity index (χ1v) is 7.05. The van der Waals surface area contributed by atoms with Crippen molar-refractivity contribution in [1.82, 2.24) is 15.5 Å². The number of amides is 2. The van der Waals surface area contributed by atoms with E-state index in [4.69, 9.17) is 9.52 Å². The normalized spacial score (nSPS) is 14.1. The first kappa shape index (κ1) is 16.5. The largest absolute Gasteiger partial charge is 0.468 e. The quantitative estimate of drug-likeness (QED) is 0.673. The third-order valence-electron chi connectivity index (χ3n) is 3.23. The van der Waals surface area contributed by atoms with Crippen molar-refractivity contribution in [1.29, 1.82) is 0 Å². The minimum Gasteiger partial charge on any atom is -0.468 e. The lowest BCUT2D eigenvalue weighted by atomic mass is 10.2. The van der Waals surface area contributed by atoms with Crippen LogP contribution in [0.4, 0.5) is 4.79 Å². The van der Waals surface area contributed by atoms with Gasteiger partial charge in [0.1, 0.15) is 5.76 Å². The number of urea groups is 1. The smallest absolute Gasteiger partial charge is 0.315 e. The zero-order valence-corrected chi connectivity index (χ0v) is 12.4. The topological polar surface area (TPSA) is 77.7 Å². The minimum absolute atomic E-state index is 0.00943. The molecule has 0 aromatic carbocycles. The van der Waals surface area contributed by atoms with Gasteiger partial charge in [-0.25, -0.2) is 4.79 Å². The Balaban J connectivity index is 2.60. The number of nitrogens with zero attached hydrogens (tertiary/aromatic N) is 1. The molecule has 2 unspecified atom stereocenters. The third-order valence-corrected chi connectivity index (χ3v) is 3.23. The van der Waals surface area contributed by atoms with E-state index in [9.17, 15) is 4.79 Å². The maximum absolute atomic E-state index is 11.7. The molecule has 1 rings (SSSR count). The van der Waals surface area contributed by atoms with E-state index in [0.717, 1.165) is 18.8 Å². The van der Waals surface area contributed by atoms with Crippen molar-refractivity contribution in [3.8, 4) is 0 Å². The van der Waals surface area contributed by atoms with Gasteiger partial charge in [-0.3, -0.25) is 4.90 Å². The average molecular weight is 283 g/mol. The molecular weight excluding hydrogens is 258 g/mol. The zero-order valence-electron chi connectivity index (χ0n) is 12.4. The fraction of sp³-hybridized carbons (Fsp3) is 0.643. The van der Waals surface area contributed by atoms with Crippen molar-refractivity contribution in [2.45, 2.75) is 32.9 Å². The predicted molar refractivity (Wildman–Crippen MR) is 77.5 cm³/mol. The van der Waals surface area contributed by atoms with Gasteiger partial charge in [-0.15, -0.1) is 0 Å². The summed E-state index contributed by atoms with van der Waals surface area (Å²) in [5.74, 6) is 0.837. The van der Waals surface area contributed by atoms with Gasteiger partial charge < -0.3 is 20.2 Å². The number of carbonyl (C=O) groups excluding carboxylic acids is 1. The molecule has 0 aliphatic carbocycles. The molecule has 0 fully saturated rings. The molecule has 1 heterocycles. The van der Waals surface area contributed by atoms with E-state index in [-0.39, 0.29) is 24.7 Å². The van der Waals surface area contributed by atoms with Crippen LogP contribution in [0.3, 0.4) is 0 Å².